The van der Waals surface area contributed by atoms with E-state index in [2.05, 4.69) is 68.4 Å². The van der Waals surface area contributed by atoms with Crippen molar-refractivity contribution in [1.29, 1.82) is 0 Å². The first-order valence-electron chi connectivity index (χ1n) is 10.2. The van der Waals surface area contributed by atoms with Crippen LogP contribution in [0.3, 0.4) is 0 Å². The van der Waals surface area contributed by atoms with Gasteiger partial charge in [-0.25, -0.2) is 4.98 Å². The van der Waals surface area contributed by atoms with Gasteiger partial charge in [-0.3, -0.25) is 0 Å². The van der Waals surface area contributed by atoms with Crippen molar-refractivity contribution in [2.24, 2.45) is 5.41 Å². The third kappa shape index (κ3) is 4.38. The van der Waals surface area contributed by atoms with Gasteiger partial charge in [0.05, 0.1) is 10.2 Å². The number of para-hydroxylation sites is 1. The summed E-state index contributed by atoms with van der Waals surface area (Å²) >= 11 is 1.66. The van der Waals surface area contributed by atoms with E-state index in [-0.39, 0.29) is 5.41 Å². The molecule has 0 fully saturated rings. The van der Waals surface area contributed by atoms with Gasteiger partial charge >= 0.3 is 0 Å². The number of nitrogens with one attached hydrogen (secondary N) is 1. The summed E-state index contributed by atoms with van der Waals surface area (Å²) in [6, 6.07) is 14.8. The summed E-state index contributed by atoms with van der Waals surface area (Å²) < 4.78 is 1.18. The molecule has 0 saturated carbocycles. The Bertz CT molecular complexity index is 1040. The number of anilines is 1. The third-order valence-corrected chi connectivity index (χ3v) is 6.28. The highest BCUT2D eigenvalue weighted by atomic mass is 32.1. The van der Waals surface area contributed by atoms with E-state index in [0.29, 0.717) is 0 Å². The molecule has 0 radical (unpaired) electrons. The number of thiazole rings is 1. The Morgan fingerprint density at radius 1 is 1.14 bits per heavy atom. The molecule has 0 aliphatic carbocycles. The molecule has 150 valence electrons. The van der Waals surface area contributed by atoms with Crippen molar-refractivity contribution in [3.8, 4) is 0 Å². The van der Waals surface area contributed by atoms with Crippen molar-refractivity contribution in [2.45, 2.75) is 40.2 Å². The smallest absolute Gasteiger partial charge is 0.188 e. The number of benzene rings is 2. The first-order chi connectivity index (χ1) is 13.8. The van der Waals surface area contributed by atoms with E-state index >= 15 is 0 Å². The number of nitrogens with zero attached hydrogens (tertiary/aromatic N) is 2. The SMILES string of the molecule is C=C(Nc1nc2ccccc2s1)c1cccc2c1CN(C(=C)CC(C)(C)C)CC2. The second-order valence-electron chi connectivity index (χ2n) is 9.01. The lowest BCUT2D eigenvalue weighted by Gasteiger charge is -2.35. The predicted molar refractivity (Wildman–Crippen MR) is 126 cm³/mol. The Morgan fingerprint density at radius 3 is 2.69 bits per heavy atom. The lowest BCUT2D eigenvalue weighted by molar-refractivity contribution is 0.274. The molecule has 4 heteroatoms. The Morgan fingerprint density at radius 2 is 1.93 bits per heavy atom. The lowest BCUT2D eigenvalue weighted by atomic mass is 9.88. The fraction of sp³-hybridized carbons (Fsp3) is 0.320. The Labute approximate surface area is 177 Å². The van der Waals surface area contributed by atoms with E-state index in [1.165, 1.54) is 27.1 Å². The number of hydrogen-bond donors (Lipinski definition) is 1. The van der Waals surface area contributed by atoms with Crippen LogP contribution >= 0.6 is 11.3 Å². The van der Waals surface area contributed by atoms with Crippen molar-refractivity contribution >= 4 is 32.4 Å². The molecule has 0 spiro atoms. The molecule has 4 rings (SSSR count). The van der Waals surface area contributed by atoms with Crippen LogP contribution in [-0.2, 0) is 13.0 Å². The van der Waals surface area contributed by atoms with Crippen LogP contribution in [0.5, 0.6) is 0 Å². The van der Waals surface area contributed by atoms with E-state index in [1.807, 2.05) is 18.2 Å². The molecule has 1 aliphatic rings. The first-order valence-corrected chi connectivity index (χ1v) is 11.0. The van der Waals surface area contributed by atoms with Gasteiger partial charge in [0.15, 0.2) is 5.13 Å². The van der Waals surface area contributed by atoms with E-state index in [9.17, 15) is 0 Å². The summed E-state index contributed by atoms with van der Waals surface area (Å²) in [5.74, 6) is 0. The Kier molecular flexibility index (Phi) is 5.22. The monoisotopic (exact) mass is 403 g/mol. The minimum absolute atomic E-state index is 0.245. The van der Waals surface area contributed by atoms with Crippen molar-refractivity contribution in [3.05, 3.63) is 78.0 Å². The molecule has 3 aromatic rings. The minimum atomic E-state index is 0.245. The Balaban J connectivity index is 1.56. The molecule has 0 bridgehead atoms. The van der Waals surface area contributed by atoms with Gasteiger partial charge in [0.2, 0.25) is 0 Å². The molecule has 1 aliphatic heterocycles. The highest BCUT2D eigenvalue weighted by Gasteiger charge is 2.23. The highest BCUT2D eigenvalue weighted by molar-refractivity contribution is 7.22. The largest absolute Gasteiger partial charge is 0.371 e. The Hall–Kier alpha value is -2.59. The number of fused-ring (bicyclic) bond motifs is 2. The molecule has 29 heavy (non-hydrogen) atoms. The normalized spacial score (nSPS) is 14.0. The molecule has 0 saturated heterocycles. The van der Waals surface area contributed by atoms with Crippen LogP contribution in [0.2, 0.25) is 0 Å². The van der Waals surface area contributed by atoms with Crippen molar-refractivity contribution < 1.29 is 0 Å². The van der Waals surface area contributed by atoms with Gasteiger partial charge in [-0.2, -0.15) is 0 Å². The van der Waals surface area contributed by atoms with Gasteiger partial charge < -0.3 is 10.2 Å². The fourth-order valence-electron chi connectivity index (χ4n) is 3.98. The third-order valence-electron chi connectivity index (χ3n) is 5.33. The summed E-state index contributed by atoms with van der Waals surface area (Å²) in [6.07, 6.45) is 2.05. The van der Waals surface area contributed by atoms with Crippen LogP contribution in [0.4, 0.5) is 5.13 Å². The van der Waals surface area contributed by atoms with Crippen molar-refractivity contribution in [1.82, 2.24) is 9.88 Å². The summed E-state index contributed by atoms with van der Waals surface area (Å²) in [4.78, 5) is 7.13. The van der Waals surface area contributed by atoms with Gasteiger partial charge in [0.1, 0.15) is 0 Å². The second-order valence-corrected chi connectivity index (χ2v) is 10.0. The number of aromatic nitrogens is 1. The number of allylic oxidation sites excluding steroid dienone is 1. The van der Waals surface area contributed by atoms with Gasteiger partial charge in [-0.1, -0.05) is 75.6 Å². The zero-order chi connectivity index (χ0) is 20.6. The standard InChI is InChI=1S/C25H29N3S/c1-17(15-25(3,4)5)28-14-13-19-9-8-10-20(21(19)16-28)18(2)26-24-27-22-11-6-7-12-23(22)29-24/h6-12H,1-2,13-16H2,3-5H3,(H,26,27). The van der Waals surface area contributed by atoms with Gasteiger partial charge in [-0.15, -0.1) is 0 Å². The van der Waals surface area contributed by atoms with E-state index in [1.54, 1.807) is 11.3 Å². The van der Waals surface area contributed by atoms with Crippen molar-refractivity contribution in [2.75, 3.05) is 11.9 Å². The summed E-state index contributed by atoms with van der Waals surface area (Å²) in [7, 11) is 0. The van der Waals surface area contributed by atoms with Gasteiger partial charge in [0, 0.05) is 30.0 Å². The van der Waals surface area contributed by atoms with E-state index in [0.717, 1.165) is 42.3 Å². The maximum Gasteiger partial charge on any atom is 0.188 e. The molecule has 2 heterocycles. The van der Waals surface area contributed by atoms with E-state index in [4.69, 9.17) is 4.98 Å². The quantitative estimate of drug-likeness (QED) is 0.514. The van der Waals surface area contributed by atoms with Crippen LogP contribution in [0.15, 0.2) is 61.3 Å². The zero-order valence-electron chi connectivity index (χ0n) is 17.6. The minimum Gasteiger partial charge on any atom is -0.371 e. The average molecular weight is 404 g/mol. The van der Waals surface area contributed by atoms with Crippen LogP contribution in [0, 0.1) is 5.41 Å². The van der Waals surface area contributed by atoms with Gasteiger partial charge in [0.25, 0.3) is 0 Å². The zero-order valence-corrected chi connectivity index (χ0v) is 18.4. The predicted octanol–water partition coefficient (Wildman–Crippen LogP) is 6.69. The first kappa shape index (κ1) is 19.7. The maximum atomic E-state index is 4.70. The molecular formula is C25H29N3S. The van der Waals surface area contributed by atoms with Gasteiger partial charge in [-0.05, 0) is 41.5 Å². The summed E-state index contributed by atoms with van der Waals surface area (Å²) in [6.45, 7) is 17.5. The molecule has 1 N–H and O–H groups in total. The van der Waals surface area contributed by atoms with Crippen molar-refractivity contribution in [3.63, 3.8) is 0 Å². The maximum absolute atomic E-state index is 4.70. The van der Waals surface area contributed by atoms with Crippen LogP contribution in [-0.4, -0.2) is 16.4 Å². The van der Waals surface area contributed by atoms with Crippen LogP contribution < -0.4 is 5.32 Å². The molecular weight excluding hydrogens is 374 g/mol. The fourth-order valence-corrected chi connectivity index (χ4v) is 4.87. The average Bonchev–Trinajstić information content (AvgIpc) is 3.08. The second kappa shape index (κ2) is 7.68. The van der Waals surface area contributed by atoms with E-state index < -0.39 is 0 Å². The van der Waals surface area contributed by atoms with Crippen LogP contribution in [0.1, 0.15) is 43.9 Å². The molecule has 0 unspecified atom stereocenters. The number of rotatable bonds is 5. The number of hydrogen-bond acceptors (Lipinski definition) is 4. The summed E-state index contributed by atoms with van der Waals surface area (Å²) in [5.41, 5.74) is 7.34. The molecule has 1 aromatic heterocycles. The lowest BCUT2D eigenvalue weighted by Crippen LogP contribution is -2.31. The molecule has 0 amide bonds. The highest BCUT2D eigenvalue weighted by Crippen LogP contribution is 2.33. The molecule has 2 aromatic carbocycles. The van der Waals surface area contributed by atoms with Crippen LogP contribution in [0.25, 0.3) is 15.9 Å². The summed E-state index contributed by atoms with van der Waals surface area (Å²) in [5, 5.41) is 4.34. The molecule has 3 nitrogen and oxygen atoms in total. The molecule has 0 atom stereocenters. The topological polar surface area (TPSA) is 28.2 Å².